The van der Waals surface area contributed by atoms with E-state index in [4.69, 9.17) is 0 Å². The van der Waals surface area contributed by atoms with E-state index >= 15 is 0 Å². The lowest BCUT2D eigenvalue weighted by atomic mass is 10.1. The van der Waals surface area contributed by atoms with E-state index in [-0.39, 0.29) is 22.3 Å². The van der Waals surface area contributed by atoms with Gasteiger partial charge in [0.2, 0.25) is 9.84 Å². The third-order valence-corrected chi connectivity index (χ3v) is 9.49. The van der Waals surface area contributed by atoms with Crippen LogP contribution >= 0.6 is 39.8 Å². The van der Waals surface area contributed by atoms with E-state index in [0.717, 1.165) is 23.7 Å². The van der Waals surface area contributed by atoms with Crippen molar-refractivity contribution in [3.05, 3.63) is 40.9 Å². The molecule has 7 heteroatoms. The lowest BCUT2D eigenvalue weighted by Crippen LogP contribution is -2.30. The molecule has 1 aliphatic rings. The van der Waals surface area contributed by atoms with Gasteiger partial charge in [0, 0.05) is 9.72 Å². The minimum Gasteiger partial charge on any atom is -0.221 e. The van der Waals surface area contributed by atoms with Crippen LogP contribution in [0, 0.1) is 0 Å². The number of hydrogen-bond acceptors (Lipinski definition) is 4. The quantitative estimate of drug-likeness (QED) is 0.483. The molecule has 0 N–H and O–H groups in total. The number of halogens is 2. The molecule has 0 heterocycles. The van der Waals surface area contributed by atoms with Crippen LogP contribution in [-0.4, -0.2) is 17.1 Å². The van der Waals surface area contributed by atoms with Gasteiger partial charge >= 0.3 is 0 Å². The summed E-state index contributed by atoms with van der Waals surface area (Å²) in [6.07, 6.45) is 6.71. The van der Waals surface area contributed by atoms with Gasteiger partial charge < -0.3 is 0 Å². The van der Waals surface area contributed by atoms with Crippen molar-refractivity contribution in [1.29, 1.82) is 0 Å². The Morgan fingerprint density at radius 1 is 1.29 bits per heavy atom. The first-order valence-corrected chi connectivity index (χ1v) is 10.4. The second-order valence-electron chi connectivity index (χ2n) is 4.92. The number of benzene rings is 1. The van der Waals surface area contributed by atoms with E-state index in [1.807, 2.05) is 6.08 Å². The molecular formula is C14H16BrFO2S3. The van der Waals surface area contributed by atoms with E-state index in [1.165, 1.54) is 30.8 Å². The normalized spacial score (nSPS) is 22.0. The summed E-state index contributed by atoms with van der Waals surface area (Å²) in [4.78, 5) is 0.150. The molecule has 0 amide bonds. The number of allylic oxidation sites excluding steroid dienone is 2. The molecular weight excluding hydrogens is 395 g/mol. The van der Waals surface area contributed by atoms with Crippen molar-refractivity contribution >= 4 is 49.7 Å². The summed E-state index contributed by atoms with van der Waals surface area (Å²) in [5.41, 5.74) is 0. The fourth-order valence-corrected chi connectivity index (χ4v) is 6.76. The van der Waals surface area contributed by atoms with Crippen molar-refractivity contribution in [2.45, 2.75) is 39.7 Å². The van der Waals surface area contributed by atoms with Crippen LogP contribution < -0.4 is 0 Å². The van der Waals surface area contributed by atoms with Crippen LogP contribution in [0.3, 0.4) is 0 Å². The van der Waals surface area contributed by atoms with Crippen LogP contribution in [0.4, 0.5) is 3.89 Å². The number of rotatable bonds is 5. The predicted molar refractivity (Wildman–Crippen MR) is 92.8 cm³/mol. The number of sulfone groups is 1. The molecule has 2 nitrogen and oxygen atoms in total. The average molecular weight is 411 g/mol. The zero-order valence-corrected chi connectivity index (χ0v) is 15.5. The molecule has 1 aromatic rings. The number of hydrogen-bond donors (Lipinski definition) is 0. The first-order chi connectivity index (χ1) is 9.89. The molecule has 0 bridgehead atoms. The Labute approximate surface area is 142 Å². The van der Waals surface area contributed by atoms with Crippen LogP contribution in [0.1, 0.15) is 26.2 Å². The highest BCUT2D eigenvalue weighted by Gasteiger charge is 2.44. The molecule has 2 rings (SSSR count). The lowest BCUT2D eigenvalue weighted by molar-refractivity contribution is 0.591. The van der Waals surface area contributed by atoms with Gasteiger partial charge in [-0.15, -0.1) is 11.8 Å². The maximum Gasteiger partial charge on any atom is 0.205 e. The van der Waals surface area contributed by atoms with Gasteiger partial charge in [0.25, 0.3) is 0 Å². The first kappa shape index (κ1) is 17.4. The highest BCUT2D eigenvalue weighted by atomic mass is 79.9. The van der Waals surface area contributed by atoms with E-state index in [9.17, 15) is 12.3 Å². The molecule has 0 radical (unpaired) electrons. The van der Waals surface area contributed by atoms with Gasteiger partial charge in [-0.3, -0.25) is 0 Å². The summed E-state index contributed by atoms with van der Waals surface area (Å²) in [6.45, 7) is 1.46. The lowest BCUT2D eigenvalue weighted by Gasteiger charge is -2.29. The molecule has 0 aliphatic heterocycles. The SMILES string of the molecule is CC(SF)(SC1CC=CCC1)S(=O)(=O)c1ccc(Br)cc1. The summed E-state index contributed by atoms with van der Waals surface area (Å²) in [5.74, 6) is 0. The highest BCUT2D eigenvalue weighted by Crippen LogP contribution is 2.49. The van der Waals surface area contributed by atoms with Crippen LogP contribution in [0.5, 0.6) is 0 Å². The zero-order valence-electron chi connectivity index (χ0n) is 11.5. The Morgan fingerprint density at radius 3 is 2.48 bits per heavy atom. The van der Waals surface area contributed by atoms with E-state index in [1.54, 1.807) is 12.1 Å². The standard InChI is InChI=1S/C14H16BrFO2S3/c1-14(20-16,19-12-5-3-2-4-6-12)21(17,18)13-9-7-11(15)8-10-13/h2-3,7-10,12H,4-6H2,1H3. The van der Waals surface area contributed by atoms with E-state index < -0.39 is 13.2 Å². The van der Waals surface area contributed by atoms with Crippen molar-refractivity contribution in [3.8, 4) is 0 Å². The Bertz CT molecular complexity index is 616. The Hall–Kier alpha value is 0.0200. The molecule has 1 aromatic carbocycles. The maximum atomic E-state index is 13.5. The zero-order chi connectivity index (χ0) is 15.5. The molecule has 0 aromatic heterocycles. The summed E-state index contributed by atoms with van der Waals surface area (Å²) < 4.78 is 38.3. The van der Waals surface area contributed by atoms with Gasteiger partial charge in [0.05, 0.1) is 17.0 Å². The molecule has 21 heavy (non-hydrogen) atoms. The number of thioether (sulfide) groups is 1. The van der Waals surface area contributed by atoms with Crippen LogP contribution in [-0.2, 0) is 9.84 Å². The van der Waals surface area contributed by atoms with Gasteiger partial charge in [0.15, 0.2) is 3.41 Å². The summed E-state index contributed by atoms with van der Waals surface area (Å²) in [6, 6.07) is 6.33. The molecule has 2 unspecified atom stereocenters. The Balaban J connectivity index is 2.28. The molecule has 0 spiro atoms. The summed E-state index contributed by atoms with van der Waals surface area (Å²) in [5, 5.41) is 0.133. The Kier molecular flexibility index (Phi) is 5.84. The molecule has 2 atom stereocenters. The van der Waals surface area contributed by atoms with Crippen LogP contribution in [0.25, 0.3) is 0 Å². The molecule has 116 valence electrons. The summed E-state index contributed by atoms with van der Waals surface area (Å²) in [7, 11) is -3.76. The molecule has 0 fully saturated rings. The predicted octanol–water partition coefficient (Wildman–Crippen LogP) is 5.36. The molecule has 1 aliphatic carbocycles. The van der Waals surface area contributed by atoms with E-state index in [0.29, 0.717) is 0 Å². The van der Waals surface area contributed by atoms with Gasteiger partial charge in [-0.05, 0) is 50.5 Å². The van der Waals surface area contributed by atoms with Gasteiger partial charge in [-0.1, -0.05) is 28.1 Å². The van der Waals surface area contributed by atoms with Crippen LogP contribution in [0.15, 0.2) is 45.8 Å². The molecule has 0 saturated carbocycles. The van der Waals surface area contributed by atoms with Gasteiger partial charge in [-0.25, -0.2) is 8.42 Å². The topological polar surface area (TPSA) is 34.1 Å². The second-order valence-corrected chi connectivity index (χ2v) is 11.6. The van der Waals surface area contributed by atoms with Crippen molar-refractivity contribution in [1.82, 2.24) is 0 Å². The fourth-order valence-electron chi connectivity index (χ4n) is 2.13. The monoisotopic (exact) mass is 410 g/mol. The van der Waals surface area contributed by atoms with E-state index in [2.05, 4.69) is 22.0 Å². The van der Waals surface area contributed by atoms with Crippen molar-refractivity contribution in [2.24, 2.45) is 0 Å². The summed E-state index contributed by atoms with van der Waals surface area (Å²) >= 11 is 4.39. The van der Waals surface area contributed by atoms with Gasteiger partial charge in [0.1, 0.15) is 0 Å². The van der Waals surface area contributed by atoms with Crippen molar-refractivity contribution < 1.29 is 12.3 Å². The average Bonchev–Trinajstić information content (AvgIpc) is 2.48. The Morgan fingerprint density at radius 2 is 1.95 bits per heavy atom. The smallest absolute Gasteiger partial charge is 0.205 e. The third-order valence-electron chi connectivity index (χ3n) is 3.35. The fraction of sp³-hybridized carbons (Fsp3) is 0.429. The maximum absolute atomic E-state index is 13.5. The largest absolute Gasteiger partial charge is 0.221 e. The minimum atomic E-state index is -3.76. The molecule has 0 saturated heterocycles. The van der Waals surface area contributed by atoms with Crippen molar-refractivity contribution in [2.75, 3.05) is 0 Å². The second kappa shape index (κ2) is 7.06. The first-order valence-electron chi connectivity index (χ1n) is 6.52. The third kappa shape index (κ3) is 3.86. The van der Waals surface area contributed by atoms with Crippen LogP contribution in [0.2, 0.25) is 0 Å². The minimum absolute atomic E-state index is 0.0890. The van der Waals surface area contributed by atoms with Crippen molar-refractivity contribution in [3.63, 3.8) is 0 Å². The van der Waals surface area contributed by atoms with Gasteiger partial charge in [-0.2, -0.15) is 3.89 Å². The highest BCUT2D eigenvalue weighted by molar-refractivity contribution is 9.10.